The smallest absolute Gasteiger partial charge is 0.338 e. The van der Waals surface area contributed by atoms with Crippen LogP contribution in [-0.2, 0) is 9.53 Å². The molecule has 0 aliphatic carbocycles. The average molecular weight is 509 g/mol. The molecule has 2 aliphatic heterocycles. The lowest BCUT2D eigenvalue weighted by molar-refractivity contribution is -0.139. The number of aryl methyl sites for hydroxylation is 1. The summed E-state index contributed by atoms with van der Waals surface area (Å²) in [5.41, 5.74) is 2.83. The second kappa shape index (κ2) is 11.6. The molecule has 2 aromatic rings. The van der Waals surface area contributed by atoms with Crippen molar-refractivity contribution in [2.75, 3.05) is 46.4 Å². The van der Waals surface area contributed by atoms with Gasteiger partial charge in [0.15, 0.2) is 0 Å². The number of halogens is 1. The van der Waals surface area contributed by atoms with Crippen molar-refractivity contribution >= 4 is 17.9 Å². The van der Waals surface area contributed by atoms with Gasteiger partial charge in [-0.05, 0) is 43.5 Å². The monoisotopic (exact) mass is 508 g/mol. The summed E-state index contributed by atoms with van der Waals surface area (Å²) in [5, 5.41) is 2.96. The number of likely N-dealkylation sites (N-methyl/N-ethyl adjacent to an activating group) is 1. The highest BCUT2D eigenvalue weighted by atomic mass is 19.1. The highest BCUT2D eigenvalue weighted by molar-refractivity contribution is 5.95. The first kappa shape index (κ1) is 26.3. The van der Waals surface area contributed by atoms with E-state index in [4.69, 9.17) is 4.74 Å². The van der Waals surface area contributed by atoms with Crippen LogP contribution in [0.4, 0.5) is 9.18 Å². The van der Waals surface area contributed by atoms with Crippen molar-refractivity contribution in [3.63, 3.8) is 0 Å². The van der Waals surface area contributed by atoms with Gasteiger partial charge in [0.25, 0.3) is 5.91 Å². The molecular formula is C28H33FN4O4. The van der Waals surface area contributed by atoms with Crippen LogP contribution in [0.25, 0.3) is 0 Å². The Kier molecular flexibility index (Phi) is 8.23. The molecule has 0 spiro atoms. The third-order valence-corrected chi connectivity index (χ3v) is 6.93. The van der Waals surface area contributed by atoms with Gasteiger partial charge in [-0.2, -0.15) is 0 Å². The highest BCUT2D eigenvalue weighted by Gasteiger charge is 2.38. The van der Waals surface area contributed by atoms with Gasteiger partial charge in [-0.3, -0.25) is 14.6 Å². The second-order valence-electron chi connectivity index (χ2n) is 9.28. The zero-order valence-corrected chi connectivity index (χ0v) is 21.5. The Bertz CT molecular complexity index is 1210. The van der Waals surface area contributed by atoms with E-state index in [-0.39, 0.29) is 24.1 Å². The van der Waals surface area contributed by atoms with Crippen LogP contribution in [-0.4, -0.2) is 79.0 Å². The van der Waals surface area contributed by atoms with E-state index in [9.17, 15) is 18.8 Å². The van der Waals surface area contributed by atoms with Gasteiger partial charge in [0.1, 0.15) is 5.82 Å². The Labute approximate surface area is 216 Å². The van der Waals surface area contributed by atoms with Crippen LogP contribution < -0.4 is 5.32 Å². The molecule has 0 saturated carbocycles. The van der Waals surface area contributed by atoms with Crippen molar-refractivity contribution in [2.45, 2.75) is 26.3 Å². The van der Waals surface area contributed by atoms with Crippen LogP contribution in [0.1, 0.15) is 40.9 Å². The normalized spacial score (nSPS) is 18.9. The second-order valence-corrected chi connectivity index (χ2v) is 9.28. The summed E-state index contributed by atoms with van der Waals surface area (Å²) < 4.78 is 19.6. The molecule has 0 radical (unpaired) electrons. The van der Waals surface area contributed by atoms with Crippen molar-refractivity contribution in [1.82, 2.24) is 20.0 Å². The number of hydrogen-bond acceptors (Lipinski definition) is 5. The summed E-state index contributed by atoms with van der Waals surface area (Å²) in [6.45, 7) is 6.32. The molecule has 1 N–H and O–H groups in total. The van der Waals surface area contributed by atoms with E-state index in [1.165, 1.54) is 17.0 Å². The van der Waals surface area contributed by atoms with E-state index in [1.54, 1.807) is 31.0 Å². The Balaban J connectivity index is 1.61. The maximum absolute atomic E-state index is 14.2. The summed E-state index contributed by atoms with van der Waals surface area (Å²) in [5.74, 6) is -1.33. The number of ether oxygens (including phenoxy) is 1. The molecule has 37 heavy (non-hydrogen) atoms. The molecule has 196 valence electrons. The first-order chi connectivity index (χ1) is 17.8. The summed E-state index contributed by atoms with van der Waals surface area (Å²) in [7, 11) is 1.64. The Morgan fingerprint density at radius 3 is 2.51 bits per heavy atom. The minimum Gasteiger partial charge on any atom is -0.463 e. The van der Waals surface area contributed by atoms with Crippen LogP contribution >= 0.6 is 0 Å². The summed E-state index contributed by atoms with van der Waals surface area (Å²) in [4.78, 5) is 44.4. The molecule has 2 heterocycles. The fraction of sp³-hybridized carbons (Fsp3) is 0.393. The predicted octanol–water partition coefficient (Wildman–Crippen LogP) is 3.50. The maximum Gasteiger partial charge on any atom is 0.338 e. The van der Waals surface area contributed by atoms with E-state index in [1.807, 2.05) is 31.2 Å². The Morgan fingerprint density at radius 1 is 1.05 bits per heavy atom. The number of nitrogens with one attached hydrogen (secondary N) is 1. The highest BCUT2D eigenvalue weighted by Crippen LogP contribution is 2.33. The lowest BCUT2D eigenvalue weighted by atomic mass is 9.91. The quantitative estimate of drug-likeness (QED) is 0.604. The zero-order chi connectivity index (χ0) is 26.5. The Morgan fingerprint density at radius 2 is 1.78 bits per heavy atom. The molecule has 1 fully saturated rings. The lowest BCUT2D eigenvalue weighted by Gasteiger charge is -2.37. The van der Waals surface area contributed by atoms with Gasteiger partial charge in [0, 0.05) is 45.5 Å². The van der Waals surface area contributed by atoms with Crippen LogP contribution in [0, 0.1) is 12.7 Å². The SMILES string of the molecule is CCOC(=O)C1=C(CN2CCCN(C(=O)c3ccccc3F)CC2)N(C)C(=O)NC1c1ccccc1C. The molecule has 2 aromatic carbocycles. The maximum atomic E-state index is 14.2. The van der Waals surface area contributed by atoms with Crippen molar-refractivity contribution in [3.05, 3.63) is 82.3 Å². The minimum atomic E-state index is -0.634. The summed E-state index contributed by atoms with van der Waals surface area (Å²) in [6, 6.07) is 12.7. The van der Waals surface area contributed by atoms with Gasteiger partial charge in [-0.1, -0.05) is 36.4 Å². The third kappa shape index (κ3) is 5.67. The number of rotatable bonds is 6. The standard InChI is InChI=1S/C28H33FN4O4/c1-4-37-27(35)24-23(31(3)28(36)30-25(24)20-11-6-5-10-19(20)2)18-32-14-9-15-33(17-16-32)26(34)21-12-7-8-13-22(21)29/h5-8,10-13,25H,4,9,14-18H2,1-3H3,(H,30,36). The van der Waals surface area contributed by atoms with E-state index < -0.39 is 17.8 Å². The van der Waals surface area contributed by atoms with Gasteiger partial charge < -0.3 is 15.0 Å². The minimum absolute atomic E-state index is 0.0630. The number of esters is 1. The molecule has 4 rings (SSSR count). The number of carbonyl (C=O) groups is 3. The summed E-state index contributed by atoms with van der Waals surface area (Å²) >= 11 is 0. The van der Waals surface area contributed by atoms with E-state index >= 15 is 0 Å². The third-order valence-electron chi connectivity index (χ3n) is 6.93. The first-order valence-electron chi connectivity index (χ1n) is 12.6. The van der Waals surface area contributed by atoms with Crippen LogP contribution in [0.5, 0.6) is 0 Å². The van der Waals surface area contributed by atoms with E-state index in [0.717, 1.165) is 11.1 Å². The lowest BCUT2D eigenvalue weighted by Crippen LogP contribution is -2.49. The largest absolute Gasteiger partial charge is 0.463 e. The van der Waals surface area contributed by atoms with Crippen molar-refractivity contribution in [1.29, 1.82) is 0 Å². The number of benzene rings is 2. The fourth-order valence-corrected chi connectivity index (χ4v) is 4.89. The van der Waals surface area contributed by atoms with Gasteiger partial charge >= 0.3 is 12.0 Å². The topological polar surface area (TPSA) is 82.2 Å². The predicted molar refractivity (Wildman–Crippen MR) is 137 cm³/mol. The van der Waals surface area contributed by atoms with Crippen LogP contribution in [0.3, 0.4) is 0 Å². The Hall–Kier alpha value is -3.72. The molecule has 2 aliphatic rings. The number of nitrogens with zero attached hydrogens (tertiary/aromatic N) is 3. The molecular weight excluding hydrogens is 475 g/mol. The summed E-state index contributed by atoms with van der Waals surface area (Å²) in [6.07, 6.45) is 0.680. The van der Waals surface area contributed by atoms with Gasteiger partial charge in [0.2, 0.25) is 0 Å². The zero-order valence-electron chi connectivity index (χ0n) is 21.5. The molecule has 3 amide bonds. The number of hydrogen-bond donors (Lipinski definition) is 1. The van der Waals surface area contributed by atoms with Gasteiger partial charge in [-0.15, -0.1) is 0 Å². The number of carbonyl (C=O) groups excluding carboxylic acids is 3. The van der Waals surface area contributed by atoms with E-state index in [0.29, 0.717) is 50.4 Å². The number of urea groups is 1. The van der Waals surface area contributed by atoms with Crippen molar-refractivity contribution in [3.8, 4) is 0 Å². The molecule has 0 aromatic heterocycles. The molecule has 8 nitrogen and oxygen atoms in total. The van der Waals surface area contributed by atoms with Crippen LogP contribution in [0.15, 0.2) is 59.8 Å². The molecule has 0 bridgehead atoms. The average Bonchev–Trinajstić information content (AvgIpc) is 3.12. The number of amides is 3. The molecule has 1 unspecified atom stereocenters. The van der Waals surface area contributed by atoms with Gasteiger partial charge in [-0.25, -0.2) is 14.0 Å². The van der Waals surface area contributed by atoms with Crippen LogP contribution in [0.2, 0.25) is 0 Å². The van der Waals surface area contributed by atoms with Crippen molar-refractivity contribution in [2.24, 2.45) is 0 Å². The molecule has 9 heteroatoms. The van der Waals surface area contributed by atoms with Crippen molar-refractivity contribution < 1.29 is 23.5 Å². The first-order valence-corrected chi connectivity index (χ1v) is 12.6. The van der Waals surface area contributed by atoms with Gasteiger partial charge in [0.05, 0.1) is 23.8 Å². The molecule has 1 saturated heterocycles. The van der Waals surface area contributed by atoms with E-state index in [2.05, 4.69) is 10.2 Å². The fourth-order valence-electron chi connectivity index (χ4n) is 4.89. The molecule has 1 atom stereocenters.